The van der Waals surface area contributed by atoms with Crippen LogP contribution in [-0.2, 0) is 15.1 Å². The van der Waals surface area contributed by atoms with Gasteiger partial charge in [-0.1, -0.05) is 6.42 Å². The summed E-state index contributed by atoms with van der Waals surface area (Å²) in [5, 5.41) is 1.99. The first kappa shape index (κ1) is 17.8. The normalized spacial score (nSPS) is 24.7. The maximum Gasteiger partial charge on any atom is 0.405 e. The van der Waals surface area contributed by atoms with E-state index >= 15 is 0 Å². The number of carbonyl (C=O) groups excluding carboxylic acids is 2. The first-order chi connectivity index (χ1) is 11.8. The van der Waals surface area contributed by atoms with Gasteiger partial charge in [-0.25, -0.2) is 4.98 Å². The first-order valence-corrected chi connectivity index (χ1v) is 8.44. The molecule has 2 heterocycles. The highest BCUT2D eigenvalue weighted by molar-refractivity contribution is 5.87. The van der Waals surface area contributed by atoms with Crippen LogP contribution in [0, 0.1) is 5.92 Å². The Morgan fingerprint density at radius 3 is 2.60 bits per heavy atom. The fourth-order valence-electron chi connectivity index (χ4n) is 3.51. The third-order valence-corrected chi connectivity index (χ3v) is 5.11. The molecule has 3 rings (SSSR count). The lowest BCUT2D eigenvalue weighted by Crippen LogP contribution is -2.60. The summed E-state index contributed by atoms with van der Waals surface area (Å²) in [6, 6.07) is 0. The highest BCUT2D eigenvalue weighted by Crippen LogP contribution is 2.34. The zero-order chi connectivity index (χ0) is 18.1. The van der Waals surface area contributed by atoms with Crippen molar-refractivity contribution in [2.24, 2.45) is 5.92 Å². The van der Waals surface area contributed by atoms with Gasteiger partial charge in [0.2, 0.25) is 11.8 Å². The number of piperidine rings is 1. The molecule has 1 aliphatic carbocycles. The molecule has 1 saturated heterocycles. The summed E-state index contributed by atoms with van der Waals surface area (Å²) in [5.74, 6) is -0.746. The molecule has 1 aromatic heterocycles. The number of aromatic nitrogens is 2. The molecular formula is C16H21F3N4O2. The molecule has 0 bridgehead atoms. The van der Waals surface area contributed by atoms with Crippen LogP contribution in [0.5, 0.6) is 0 Å². The van der Waals surface area contributed by atoms with Crippen LogP contribution in [0.1, 0.15) is 32.1 Å². The molecule has 9 heteroatoms. The lowest BCUT2D eigenvalue weighted by molar-refractivity contribution is -0.150. The van der Waals surface area contributed by atoms with E-state index < -0.39 is 24.2 Å². The molecule has 2 aliphatic rings. The standard InChI is InChI=1S/C16H21F3N4O2/c17-16(18,19)9-21-14(25)15(23-8-6-20-11-23)5-2-7-22(10-15)13(24)12-3-1-4-12/h6,8,11-12H,1-5,7,9-10H2,(H,21,25). The maximum absolute atomic E-state index is 12.7. The minimum absolute atomic E-state index is 0.000869. The van der Waals surface area contributed by atoms with Gasteiger partial charge in [0.15, 0.2) is 0 Å². The van der Waals surface area contributed by atoms with E-state index in [9.17, 15) is 22.8 Å². The van der Waals surface area contributed by atoms with Crippen molar-refractivity contribution >= 4 is 11.8 Å². The number of imidazole rings is 1. The highest BCUT2D eigenvalue weighted by Gasteiger charge is 2.47. The Kier molecular flexibility index (Phi) is 4.75. The molecule has 138 valence electrons. The van der Waals surface area contributed by atoms with Crippen molar-refractivity contribution in [1.82, 2.24) is 19.8 Å². The molecule has 6 nitrogen and oxygen atoms in total. The van der Waals surface area contributed by atoms with E-state index in [-0.39, 0.29) is 18.4 Å². The molecule has 1 aromatic rings. The number of hydrogen-bond acceptors (Lipinski definition) is 3. The topological polar surface area (TPSA) is 67.2 Å². The molecule has 2 amide bonds. The van der Waals surface area contributed by atoms with Gasteiger partial charge < -0.3 is 14.8 Å². The van der Waals surface area contributed by atoms with E-state index in [1.54, 1.807) is 11.1 Å². The van der Waals surface area contributed by atoms with Crippen molar-refractivity contribution < 1.29 is 22.8 Å². The summed E-state index contributed by atoms with van der Waals surface area (Å²) < 4.78 is 39.1. The monoisotopic (exact) mass is 358 g/mol. The van der Waals surface area contributed by atoms with E-state index in [1.165, 1.54) is 17.1 Å². The Morgan fingerprint density at radius 1 is 1.28 bits per heavy atom. The van der Waals surface area contributed by atoms with Gasteiger partial charge in [0.1, 0.15) is 12.1 Å². The number of amides is 2. The largest absolute Gasteiger partial charge is 0.405 e. The van der Waals surface area contributed by atoms with E-state index in [2.05, 4.69) is 4.98 Å². The Hall–Kier alpha value is -2.06. The number of hydrogen-bond donors (Lipinski definition) is 1. The molecule has 1 N–H and O–H groups in total. The maximum atomic E-state index is 12.7. The molecular weight excluding hydrogens is 337 g/mol. The van der Waals surface area contributed by atoms with E-state index in [4.69, 9.17) is 0 Å². The molecule has 1 atom stereocenters. The number of halogens is 3. The van der Waals surface area contributed by atoms with Crippen LogP contribution in [0.4, 0.5) is 13.2 Å². The fourth-order valence-corrected chi connectivity index (χ4v) is 3.51. The van der Waals surface area contributed by atoms with Gasteiger partial charge in [0.25, 0.3) is 0 Å². The molecule has 1 saturated carbocycles. The number of rotatable bonds is 4. The van der Waals surface area contributed by atoms with Crippen LogP contribution in [-0.4, -0.2) is 52.1 Å². The summed E-state index contributed by atoms with van der Waals surface area (Å²) in [7, 11) is 0. The van der Waals surface area contributed by atoms with Crippen LogP contribution in [0.3, 0.4) is 0 Å². The highest BCUT2D eigenvalue weighted by atomic mass is 19.4. The van der Waals surface area contributed by atoms with Crippen LogP contribution >= 0.6 is 0 Å². The number of likely N-dealkylation sites (tertiary alicyclic amines) is 1. The zero-order valence-electron chi connectivity index (χ0n) is 13.8. The molecule has 0 radical (unpaired) electrons. The van der Waals surface area contributed by atoms with Gasteiger partial charge in [0.05, 0.1) is 12.9 Å². The van der Waals surface area contributed by atoms with Gasteiger partial charge in [-0.3, -0.25) is 9.59 Å². The van der Waals surface area contributed by atoms with Crippen LogP contribution < -0.4 is 5.32 Å². The summed E-state index contributed by atoms with van der Waals surface area (Å²) in [4.78, 5) is 30.8. The number of nitrogens with one attached hydrogen (secondary N) is 1. The Labute approximate surface area is 143 Å². The van der Waals surface area contributed by atoms with Gasteiger partial charge >= 0.3 is 6.18 Å². The third kappa shape index (κ3) is 3.64. The summed E-state index contributed by atoms with van der Waals surface area (Å²) in [6.07, 6.45) is 3.59. The number of nitrogens with zero attached hydrogens (tertiary/aromatic N) is 3. The third-order valence-electron chi connectivity index (χ3n) is 5.11. The Balaban J connectivity index is 1.81. The summed E-state index contributed by atoms with van der Waals surface area (Å²) in [6.45, 7) is -0.792. The second-order valence-electron chi connectivity index (χ2n) is 6.79. The molecule has 0 aromatic carbocycles. The number of carbonyl (C=O) groups is 2. The molecule has 0 spiro atoms. The first-order valence-electron chi connectivity index (χ1n) is 8.44. The second kappa shape index (κ2) is 6.68. The average Bonchev–Trinajstić information content (AvgIpc) is 3.05. The molecule has 25 heavy (non-hydrogen) atoms. The lowest BCUT2D eigenvalue weighted by atomic mass is 9.82. The van der Waals surface area contributed by atoms with Crippen LogP contribution in [0.2, 0.25) is 0 Å². The van der Waals surface area contributed by atoms with Crippen molar-refractivity contribution in [3.05, 3.63) is 18.7 Å². The number of alkyl halides is 3. The quantitative estimate of drug-likeness (QED) is 0.891. The van der Waals surface area contributed by atoms with Crippen molar-refractivity contribution in [3.63, 3.8) is 0 Å². The van der Waals surface area contributed by atoms with Gasteiger partial charge in [0, 0.05) is 24.9 Å². The van der Waals surface area contributed by atoms with Crippen LogP contribution in [0.25, 0.3) is 0 Å². The lowest BCUT2D eigenvalue weighted by Gasteiger charge is -2.44. The average molecular weight is 358 g/mol. The van der Waals surface area contributed by atoms with Gasteiger partial charge in [-0.2, -0.15) is 13.2 Å². The summed E-state index contributed by atoms with van der Waals surface area (Å²) >= 11 is 0. The van der Waals surface area contributed by atoms with E-state index in [0.717, 1.165) is 19.3 Å². The van der Waals surface area contributed by atoms with Gasteiger partial charge in [-0.15, -0.1) is 0 Å². The van der Waals surface area contributed by atoms with E-state index in [1.807, 2.05) is 5.32 Å². The van der Waals surface area contributed by atoms with E-state index in [0.29, 0.717) is 19.4 Å². The Morgan fingerprint density at radius 2 is 2.04 bits per heavy atom. The molecule has 2 fully saturated rings. The Bertz CT molecular complexity index is 628. The zero-order valence-corrected chi connectivity index (χ0v) is 13.8. The predicted octanol–water partition coefficient (Wildman–Crippen LogP) is 1.68. The van der Waals surface area contributed by atoms with Crippen molar-refractivity contribution in [2.45, 2.75) is 43.8 Å². The smallest absolute Gasteiger partial charge is 0.345 e. The van der Waals surface area contributed by atoms with Gasteiger partial charge in [-0.05, 0) is 25.7 Å². The molecule has 1 unspecified atom stereocenters. The van der Waals surface area contributed by atoms with Crippen molar-refractivity contribution in [3.8, 4) is 0 Å². The van der Waals surface area contributed by atoms with Crippen molar-refractivity contribution in [2.75, 3.05) is 19.6 Å². The predicted molar refractivity (Wildman–Crippen MR) is 82.4 cm³/mol. The van der Waals surface area contributed by atoms with Crippen LogP contribution in [0.15, 0.2) is 18.7 Å². The SMILES string of the molecule is O=C(C1CCC1)N1CCCC(C(=O)NCC(F)(F)F)(n2ccnc2)C1. The summed E-state index contributed by atoms with van der Waals surface area (Å²) in [5.41, 5.74) is -1.25. The minimum atomic E-state index is -4.48. The minimum Gasteiger partial charge on any atom is -0.345 e. The molecule has 1 aliphatic heterocycles. The fraction of sp³-hybridized carbons (Fsp3) is 0.688. The second-order valence-corrected chi connectivity index (χ2v) is 6.79. The van der Waals surface area contributed by atoms with Crippen molar-refractivity contribution in [1.29, 1.82) is 0 Å².